The first-order chi connectivity index (χ1) is 7.96. The van der Waals surface area contributed by atoms with Gasteiger partial charge < -0.3 is 5.11 Å². The smallest absolute Gasteiger partial charge is 0.124 e. The predicted molar refractivity (Wildman–Crippen MR) is 75.8 cm³/mol. The highest BCUT2D eigenvalue weighted by atomic mass is 35.5. The fourth-order valence-corrected chi connectivity index (χ4v) is 3.35. The highest BCUT2D eigenvalue weighted by Gasteiger charge is 2.61. The van der Waals surface area contributed by atoms with E-state index in [2.05, 4.69) is 13.8 Å². The third kappa shape index (κ3) is 4.61. The standard InChI is InChI=1S/C14H26Cl2O/c1-3-5-7-9-13(17,10-8-6-4-2)12-11-14(12,15)16/h12,17H,3-11H2,1-2H3. The number of hydrogen-bond donors (Lipinski definition) is 1. The van der Waals surface area contributed by atoms with E-state index in [9.17, 15) is 5.11 Å². The Bertz CT molecular complexity index is 218. The van der Waals surface area contributed by atoms with Gasteiger partial charge in [-0.15, -0.1) is 23.2 Å². The van der Waals surface area contributed by atoms with Crippen molar-refractivity contribution >= 4 is 23.2 Å². The van der Waals surface area contributed by atoms with Gasteiger partial charge in [-0.25, -0.2) is 0 Å². The highest BCUT2D eigenvalue weighted by Crippen LogP contribution is 2.60. The van der Waals surface area contributed by atoms with Gasteiger partial charge in [0.1, 0.15) is 4.33 Å². The average molecular weight is 281 g/mol. The zero-order chi connectivity index (χ0) is 12.9. The Labute approximate surface area is 116 Å². The maximum absolute atomic E-state index is 10.8. The zero-order valence-electron chi connectivity index (χ0n) is 11.1. The van der Waals surface area contributed by atoms with E-state index in [1.807, 2.05) is 0 Å². The molecular weight excluding hydrogens is 255 g/mol. The molecule has 0 bridgehead atoms. The summed E-state index contributed by atoms with van der Waals surface area (Å²) in [6.07, 6.45) is 9.36. The van der Waals surface area contributed by atoms with E-state index in [0.717, 1.165) is 32.1 Å². The molecule has 17 heavy (non-hydrogen) atoms. The van der Waals surface area contributed by atoms with Crippen LogP contribution in [0.1, 0.15) is 71.6 Å². The van der Waals surface area contributed by atoms with Crippen molar-refractivity contribution in [3.63, 3.8) is 0 Å². The maximum atomic E-state index is 10.8. The number of alkyl halides is 2. The van der Waals surface area contributed by atoms with E-state index in [-0.39, 0.29) is 5.92 Å². The van der Waals surface area contributed by atoms with Crippen LogP contribution >= 0.6 is 23.2 Å². The number of aliphatic hydroxyl groups is 1. The third-order valence-electron chi connectivity index (χ3n) is 3.90. The summed E-state index contributed by atoms with van der Waals surface area (Å²) in [5.74, 6) is 0.0899. The zero-order valence-corrected chi connectivity index (χ0v) is 12.7. The molecule has 0 amide bonds. The predicted octanol–water partition coefficient (Wildman–Crippen LogP) is 5.07. The maximum Gasteiger partial charge on any atom is 0.124 e. The quantitative estimate of drug-likeness (QED) is 0.462. The van der Waals surface area contributed by atoms with E-state index in [4.69, 9.17) is 23.2 Å². The Balaban J connectivity index is 2.45. The fraction of sp³-hybridized carbons (Fsp3) is 1.00. The van der Waals surface area contributed by atoms with Crippen LogP contribution in [0.15, 0.2) is 0 Å². The Hall–Kier alpha value is 0.540. The lowest BCUT2D eigenvalue weighted by Gasteiger charge is -2.29. The van der Waals surface area contributed by atoms with E-state index < -0.39 is 9.93 Å². The van der Waals surface area contributed by atoms with Gasteiger partial charge in [-0.3, -0.25) is 0 Å². The Kier molecular flexibility index (Phi) is 6.09. The third-order valence-corrected chi connectivity index (χ3v) is 4.74. The minimum Gasteiger partial charge on any atom is -0.389 e. The van der Waals surface area contributed by atoms with Gasteiger partial charge >= 0.3 is 0 Å². The van der Waals surface area contributed by atoms with Crippen molar-refractivity contribution in [3.05, 3.63) is 0 Å². The van der Waals surface area contributed by atoms with Crippen LogP contribution in [0.4, 0.5) is 0 Å². The molecule has 0 radical (unpaired) electrons. The van der Waals surface area contributed by atoms with Crippen LogP contribution in [-0.4, -0.2) is 15.0 Å². The van der Waals surface area contributed by atoms with Crippen molar-refractivity contribution in [1.82, 2.24) is 0 Å². The molecule has 0 heterocycles. The molecule has 1 rings (SSSR count). The van der Waals surface area contributed by atoms with Crippen molar-refractivity contribution in [1.29, 1.82) is 0 Å². The SMILES string of the molecule is CCCCCC(O)(CCCCC)C1CC1(Cl)Cl. The monoisotopic (exact) mass is 280 g/mol. The molecule has 0 spiro atoms. The van der Waals surface area contributed by atoms with Crippen LogP contribution in [0, 0.1) is 5.92 Å². The van der Waals surface area contributed by atoms with Gasteiger partial charge in [-0.1, -0.05) is 52.4 Å². The summed E-state index contributed by atoms with van der Waals surface area (Å²) < 4.78 is -0.660. The van der Waals surface area contributed by atoms with Gasteiger partial charge in [0.2, 0.25) is 0 Å². The normalized spacial score (nSPS) is 22.8. The molecular formula is C14H26Cl2O. The minimum absolute atomic E-state index is 0.0899. The lowest BCUT2D eigenvalue weighted by Crippen LogP contribution is -2.33. The summed E-state index contributed by atoms with van der Waals surface area (Å²) >= 11 is 12.2. The molecule has 0 saturated heterocycles. The lowest BCUT2D eigenvalue weighted by atomic mass is 9.86. The van der Waals surface area contributed by atoms with Crippen LogP contribution in [0.3, 0.4) is 0 Å². The molecule has 0 aromatic heterocycles. The van der Waals surface area contributed by atoms with Crippen LogP contribution in [0.25, 0.3) is 0 Å². The minimum atomic E-state index is -0.660. The van der Waals surface area contributed by atoms with Crippen molar-refractivity contribution in [2.75, 3.05) is 0 Å². The topological polar surface area (TPSA) is 20.2 Å². The van der Waals surface area contributed by atoms with E-state index in [1.54, 1.807) is 0 Å². The van der Waals surface area contributed by atoms with Gasteiger partial charge in [0.05, 0.1) is 5.60 Å². The number of unbranched alkanes of at least 4 members (excludes halogenated alkanes) is 4. The molecule has 1 saturated carbocycles. The lowest BCUT2D eigenvalue weighted by molar-refractivity contribution is -0.00454. The summed E-state index contributed by atoms with van der Waals surface area (Å²) in [6.45, 7) is 4.36. The second kappa shape index (κ2) is 6.63. The first-order valence-corrected chi connectivity index (χ1v) is 7.82. The Morgan fingerprint density at radius 1 is 1.06 bits per heavy atom. The molecule has 1 nitrogen and oxygen atoms in total. The van der Waals surface area contributed by atoms with E-state index in [0.29, 0.717) is 0 Å². The number of halogens is 2. The molecule has 0 aromatic carbocycles. The Morgan fingerprint density at radius 3 is 1.76 bits per heavy atom. The van der Waals surface area contributed by atoms with Gasteiger partial charge in [0.25, 0.3) is 0 Å². The molecule has 1 unspecified atom stereocenters. The summed E-state index contributed by atoms with van der Waals surface area (Å²) in [7, 11) is 0. The van der Waals surface area contributed by atoms with Crippen LogP contribution in [0.2, 0.25) is 0 Å². The van der Waals surface area contributed by atoms with Crippen molar-refractivity contribution < 1.29 is 5.11 Å². The molecule has 0 aromatic rings. The van der Waals surface area contributed by atoms with Crippen LogP contribution < -0.4 is 0 Å². The van der Waals surface area contributed by atoms with E-state index >= 15 is 0 Å². The largest absolute Gasteiger partial charge is 0.389 e. The molecule has 1 N–H and O–H groups in total. The first kappa shape index (κ1) is 15.6. The van der Waals surface area contributed by atoms with E-state index in [1.165, 1.54) is 25.7 Å². The summed E-state index contributed by atoms with van der Waals surface area (Å²) in [5, 5.41) is 10.8. The van der Waals surface area contributed by atoms with Crippen molar-refractivity contribution in [2.24, 2.45) is 5.92 Å². The molecule has 1 fully saturated rings. The van der Waals surface area contributed by atoms with Crippen LogP contribution in [0.5, 0.6) is 0 Å². The summed E-state index contributed by atoms with van der Waals surface area (Å²) in [6, 6.07) is 0. The molecule has 1 atom stereocenters. The fourth-order valence-electron chi connectivity index (χ4n) is 2.63. The van der Waals surface area contributed by atoms with Gasteiger partial charge in [0.15, 0.2) is 0 Å². The number of hydrogen-bond acceptors (Lipinski definition) is 1. The molecule has 3 heteroatoms. The molecule has 102 valence electrons. The summed E-state index contributed by atoms with van der Waals surface area (Å²) in [4.78, 5) is 0. The first-order valence-electron chi connectivity index (χ1n) is 7.06. The Morgan fingerprint density at radius 2 is 1.47 bits per heavy atom. The van der Waals surface area contributed by atoms with Gasteiger partial charge in [-0.2, -0.15) is 0 Å². The van der Waals surface area contributed by atoms with Crippen molar-refractivity contribution in [3.8, 4) is 0 Å². The molecule has 1 aliphatic carbocycles. The van der Waals surface area contributed by atoms with Gasteiger partial charge in [-0.05, 0) is 19.3 Å². The van der Waals surface area contributed by atoms with Gasteiger partial charge in [0, 0.05) is 5.92 Å². The number of rotatable bonds is 9. The highest BCUT2D eigenvalue weighted by molar-refractivity contribution is 6.51. The molecule has 1 aliphatic rings. The average Bonchev–Trinajstić information content (AvgIpc) is 2.90. The van der Waals surface area contributed by atoms with Crippen molar-refractivity contribution in [2.45, 2.75) is 81.6 Å². The second-order valence-electron chi connectivity index (χ2n) is 5.54. The summed E-state index contributed by atoms with van der Waals surface area (Å²) in [5.41, 5.74) is -0.617. The molecule has 0 aliphatic heterocycles. The second-order valence-corrected chi connectivity index (χ2v) is 7.08. The van der Waals surface area contributed by atoms with Crippen LogP contribution in [-0.2, 0) is 0 Å².